The summed E-state index contributed by atoms with van der Waals surface area (Å²) in [6.07, 6.45) is 16.9. The third-order valence-corrected chi connectivity index (χ3v) is 9.90. The molecule has 0 radical (unpaired) electrons. The zero-order valence-corrected chi connectivity index (χ0v) is 23.4. The number of nitrogens with zero attached hydrogens (tertiary/aromatic N) is 3. The lowest BCUT2D eigenvalue weighted by atomic mass is 9.60. The average Bonchev–Trinajstić information content (AvgIpc) is 3.47. The van der Waals surface area contributed by atoms with Crippen LogP contribution in [0.15, 0.2) is 47.8 Å². The second-order valence-electron chi connectivity index (χ2n) is 13.0. The van der Waals surface area contributed by atoms with Crippen LogP contribution in [0.2, 0.25) is 0 Å². The van der Waals surface area contributed by atoms with Crippen molar-refractivity contribution in [2.24, 2.45) is 29.1 Å². The third kappa shape index (κ3) is 6.46. The van der Waals surface area contributed by atoms with Crippen LogP contribution in [0.4, 0.5) is 0 Å². The minimum atomic E-state index is -0.749. The van der Waals surface area contributed by atoms with Crippen molar-refractivity contribution >= 4 is 0 Å². The summed E-state index contributed by atoms with van der Waals surface area (Å²) >= 11 is 0. The highest BCUT2D eigenvalue weighted by atomic mass is 16.3. The van der Waals surface area contributed by atoms with Gasteiger partial charge >= 0.3 is 0 Å². The van der Waals surface area contributed by atoms with Gasteiger partial charge in [-0.2, -0.15) is 15.0 Å². The molecular formula is C31H49N3O3. The van der Waals surface area contributed by atoms with Crippen LogP contribution < -0.4 is 0 Å². The van der Waals surface area contributed by atoms with Crippen molar-refractivity contribution in [2.45, 2.75) is 116 Å². The Balaban J connectivity index is 1.41. The monoisotopic (exact) mass is 511 g/mol. The number of allylic oxidation sites excluding steroid dienone is 3. The normalized spacial score (nSPS) is 35.8. The Morgan fingerprint density at radius 1 is 1.22 bits per heavy atom. The van der Waals surface area contributed by atoms with E-state index >= 15 is 0 Å². The van der Waals surface area contributed by atoms with E-state index in [4.69, 9.17) is 0 Å². The van der Waals surface area contributed by atoms with Crippen LogP contribution in [0.25, 0.3) is 0 Å². The molecule has 6 heteroatoms. The van der Waals surface area contributed by atoms with E-state index in [9.17, 15) is 15.3 Å². The van der Waals surface area contributed by atoms with Gasteiger partial charge in [-0.25, -0.2) is 0 Å². The number of aryl methyl sites for hydroxylation is 1. The van der Waals surface area contributed by atoms with E-state index in [1.54, 1.807) is 17.2 Å². The highest BCUT2D eigenvalue weighted by molar-refractivity contribution is 5.39. The maximum absolute atomic E-state index is 11.0. The third-order valence-electron chi connectivity index (χ3n) is 9.90. The molecule has 1 heterocycles. The second kappa shape index (κ2) is 11.5. The fraction of sp³-hybridized carbons (Fsp3) is 0.742. The number of rotatable bonds is 9. The lowest BCUT2D eigenvalue weighted by Crippen LogP contribution is -2.39. The lowest BCUT2D eigenvalue weighted by molar-refractivity contribution is 0.0111. The van der Waals surface area contributed by atoms with Crippen molar-refractivity contribution in [2.75, 3.05) is 0 Å². The van der Waals surface area contributed by atoms with Gasteiger partial charge in [-0.15, -0.1) is 0 Å². The zero-order valence-electron chi connectivity index (χ0n) is 23.4. The molecule has 0 aromatic carbocycles. The molecule has 1 aromatic rings. The summed E-state index contributed by atoms with van der Waals surface area (Å²) in [5.74, 6) is 1.76. The number of hydrogen-bond donors (Lipinski definition) is 3. The molecule has 1 aromatic heterocycles. The SMILES string of the molecule is C=C1/C(=C\C=C2/CCC[C@]3(C)[C@@H]([C@H](C)CCCC(C)(C)O)CC[C@@H]23)C[C@@H](O)[C@H](CCn2nccn2)[C@@H]1O. The van der Waals surface area contributed by atoms with Gasteiger partial charge < -0.3 is 15.3 Å². The molecule has 0 amide bonds. The van der Waals surface area contributed by atoms with E-state index in [0.29, 0.717) is 36.6 Å². The van der Waals surface area contributed by atoms with E-state index in [1.807, 2.05) is 13.8 Å². The highest BCUT2D eigenvalue weighted by Gasteiger charge is 2.50. The molecule has 4 rings (SSSR count). The van der Waals surface area contributed by atoms with Crippen molar-refractivity contribution in [3.05, 3.63) is 47.8 Å². The van der Waals surface area contributed by atoms with Gasteiger partial charge in [-0.05, 0) is 99.5 Å². The van der Waals surface area contributed by atoms with E-state index in [0.717, 1.165) is 36.3 Å². The minimum absolute atomic E-state index is 0.255. The Morgan fingerprint density at radius 3 is 2.65 bits per heavy atom. The fourth-order valence-electron chi connectivity index (χ4n) is 7.80. The molecule has 6 nitrogen and oxygen atoms in total. The molecule has 0 saturated heterocycles. The van der Waals surface area contributed by atoms with Gasteiger partial charge in [0.15, 0.2) is 0 Å². The molecular weight excluding hydrogens is 462 g/mol. The van der Waals surface area contributed by atoms with Gasteiger partial charge in [0.05, 0.1) is 36.7 Å². The first-order valence-electron chi connectivity index (χ1n) is 14.5. The summed E-state index contributed by atoms with van der Waals surface area (Å²) in [6.45, 7) is 13.6. The molecule has 0 unspecified atom stereocenters. The lowest BCUT2D eigenvalue weighted by Gasteiger charge is -2.44. The Bertz CT molecular complexity index is 976. The molecule has 3 aliphatic rings. The summed E-state index contributed by atoms with van der Waals surface area (Å²) in [4.78, 5) is 1.60. The Morgan fingerprint density at radius 2 is 1.95 bits per heavy atom. The Labute approximate surface area is 223 Å². The number of fused-ring (bicyclic) bond motifs is 1. The summed E-state index contributed by atoms with van der Waals surface area (Å²) in [5, 5.41) is 40.2. The molecule has 0 spiro atoms. The molecule has 0 bridgehead atoms. The highest BCUT2D eigenvalue weighted by Crippen LogP contribution is 2.60. The van der Waals surface area contributed by atoms with Crippen molar-refractivity contribution in [1.29, 1.82) is 0 Å². The minimum Gasteiger partial charge on any atom is -0.392 e. The van der Waals surface area contributed by atoms with Gasteiger partial charge in [0, 0.05) is 5.92 Å². The molecule has 37 heavy (non-hydrogen) atoms. The summed E-state index contributed by atoms with van der Waals surface area (Å²) < 4.78 is 0. The Hall–Kier alpha value is -1.76. The standard InChI is InChI=1S/C31H49N3O3/c1-21(8-6-15-30(3,4)37)26-12-13-27-23(9-7-16-31(26,27)5)10-11-24-20-28(35)25(29(36)22(24)2)14-19-34-32-17-18-33-34/h10-11,17-18,21,25-29,35-37H,2,6-9,12-16,19-20H2,1,3-5H3/b23-10+,24-11-/t21-,25+,26-,27+,28-,29-,31-/m1/s1. The first kappa shape index (κ1) is 28.3. The average molecular weight is 512 g/mol. The van der Waals surface area contributed by atoms with Crippen LogP contribution >= 0.6 is 0 Å². The quantitative estimate of drug-likeness (QED) is 0.401. The second-order valence-corrected chi connectivity index (χ2v) is 13.0. The van der Waals surface area contributed by atoms with Gasteiger partial charge in [0.2, 0.25) is 0 Å². The molecule has 0 aliphatic heterocycles. The van der Waals surface area contributed by atoms with Crippen LogP contribution in [0.5, 0.6) is 0 Å². The first-order chi connectivity index (χ1) is 17.5. The van der Waals surface area contributed by atoms with E-state index in [2.05, 4.69) is 42.8 Å². The van der Waals surface area contributed by atoms with Gasteiger partial charge in [-0.1, -0.05) is 51.0 Å². The zero-order chi connectivity index (χ0) is 26.8. The smallest absolute Gasteiger partial charge is 0.0840 e. The summed E-state index contributed by atoms with van der Waals surface area (Å²) in [7, 11) is 0. The maximum atomic E-state index is 11.0. The van der Waals surface area contributed by atoms with E-state index < -0.39 is 17.8 Å². The van der Waals surface area contributed by atoms with Crippen LogP contribution in [-0.2, 0) is 6.54 Å². The van der Waals surface area contributed by atoms with Crippen LogP contribution in [0, 0.1) is 29.1 Å². The largest absolute Gasteiger partial charge is 0.392 e. The summed E-state index contributed by atoms with van der Waals surface area (Å²) in [5.41, 5.74) is 3.02. The maximum Gasteiger partial charge on any atom is 0.0840 e. The van der Waals surface area contributed by atoms with Crippen LogP contribution in [-0.4, -0.2) is 48.1 Å². The molecule has 3 fully saturated rings. The predicted molar refractivity (Wildman–Crippen MR) is 148 cm³/mol. The molecule has 206 valence electrons. The van der Waals surface area contributed by atoms with Gasteiger partial charge in [-0.3, -0.25) is 0 Å². The topological polar surface area (TPSA) is 91.4 Å². The van der Waals surface area contributed by atoms with Crippen molar-refractivity contribution in [1.82, 2.24) is 15.0 Å². The summed E-state index contributed by atoms with van der Waals surface area (Å²) in [6, 6.07) is 0. The number of aromatic nitrogens is 3. The Kier molecular flexibility index (Phi) is 8.82. The first-order valence-corrected chi connectivity index (χ1v) is 14.5. The fourth-order valence-corrected chi connectivity index (χ4v) is 7.80. The predicted octanol–water partition coefficient (Wildman–Crippen LogP) is 5.61. The van der Waals surface area contributed by atoms with Crippen molar-refractivity contribution in [3.63, 3.8) is 0 Å². The number of aliphatic hydroxyl groups is 3. The van der Waals surface area contributed by atoms with E-state index in [-0.39, 0.29) is 5.92 Å². The molecule has 7 atom stereocenters. The van der Waals surface area contributed by atoms with E-state index in [1.165, 1.54) is 37.7 Å². The van der Waals surface area contributed by atoms with Gasteiger partial charge in [0.1, 0.15) is 0 Å². The number of hydrogen-bond acceptors (Lipinski definition) is 5. The molecule has 3 aliphatic carbocycles. The molecule has 3 N–H and O–H groups in total. The van der Waals surface area contributed by atoms with Crippen molar-refractivity contribution < 1.29 is 15.3 Å². The van der Waals surface area contributed by atoms with Crippen LogP contribution in [0.3, 0.4) is 0 Å². The van der Waals surface area contributed by atoms with Crippen LogP contribution in [0.1, 0.15) is 91.9 Å². The van der Waals surface area contributed by atoms with Crippen molar-refractivity contribution in [3.8, 4) is 0 Å². The number of aliphatic hydroxyl groups excluding tert-OH is 2. The molecule has 3 saturated carbocycles. The van der Waals surface area contributed by atoms with Gasteiger partial charge in [0.25, 0.3) is 0 Å².